The number of halogens is 1. The van der Waals surface area contributed by atoms with Gasteiger partial charge in [-0.05, 0) is 74.0 Å². The fourth-order valence-corrected chi connectivity index (χ4v) is 5.20. The third-order valence-corrected chi connectivity index (χ3v) is 6.91. The number of nitrogens with zero attached hydrogens (tertiary/aromatic N) is 4. The lowest BCUT2D eigenvalue weighted by molar-refractivity contribution is 0.194. The molecule has 2 amide bonds. The minimum absolute atomic E-state index is 0.292. The number of para-hydroxylation sites is 1. The smallest absolute Gasteiger partial charge is 0.322 e. The molecule has 3 heterocycles. The van der Waals surface area contributed by atoms with Crippen molar-refractivity contribution in [1.29, 1.82) is 0 Å². The first kappa shape index (κ1) is 24.5. The quantitative estimate of drug-likeness (QED) is 0.282. The molecule has 0 spiro atoms. The highest BCUT2D eigenvalue weighted by molar-refractivity contribution is 5.90. The molecule has 1 aliphatic rings. The molecule has 1 aliphatic heterocycles. The zero-order valence-corrected chi connectivity index (χ0v) is 21.7. The molecule has 3 aromatic carbocycles. The van der Waals surface area contributed by atoms with Crippen LogP contribution in [0.5, 0.6) is 5.75 Å². The van der Waals surface area contributed by atoms with Crippen LogP contribution >= 0.6 is 0 Å². The lowest BCUT2D eigenvalue weighted by Gasteiger charge is -2.31. The normalized spacial score (nSPS) is 14.3. The van der Waals surface area contributed by atoms with Crippen molar-refractivity contribution >= 4 is 11.7 Å². The van der Waals surface area contributed by atoms with Crippen LogP contribution in [-0.2, 0) is 6.54 Å². The molecule has 5 aromatic rings. The summed E-state index contributed by atoms with van der Waals surface area (Å²) in [6, 6.07) is 26.9. The first-order valence-electron chi connectivity index (χ1n) is 12.9. The van der Waals surface area contributed by atoms with Gasteiger partial charge in [-0.25, -0.2) is 13.9 Å². The number of urea groups is 1. The van der Waals surface area contributed by atoms with Crippen LogP contribution in [0.15, 0.2) is 97.2 Å². The molecule has 1 N–H and O–H groups in total. The van der Waals surface area contributed by atoms with Crippen LogP contribution < -0.4 is 10.1 Å². The monoisotopic (exact) mass is 521 g/mol. The molecule has 8 heteroatoms. The molecule has 6 rings (SSSR count). The van der Waals surface area contributed by atoms with Gasteiger partial charge in [0.1, 0.15) is 17.4 Å². The Morgan fingerprint density at radius 3 is 2.64 bits per heavy atom. The molecule has 7 nitrogen and oxygen atoms in total. The predicted octanol–water partition coefficient (Wildman–Crippen LogP) is 6.65. The van der Waals surface area contributed by atoms with Crippen LogP contribution in [-0.4, -0.2) is 31.9 Å². The molecule has 39 heavy (non-hydrogen) atoms. The van der Waals surface area contributed by atoms with Crippen molar-refractivity contribution in [2.24, 2.45) is 0 Å². The summed E-state index contributed by atoms with van der Waals surface area (Å²) < 4.78 is 23.8. The van der Waals surface area contributed by atoms with Gasteiger partial charge < -0.3 is 19.5 Å². The maximum atomic E-state index is 14.0. The first-order valence-corrected chi connectivity index (χ1v) is 12.9. The minimum atomic E-state index is -0.454. The summed E-state index contributed by atoms with van der Waals surface area (Å²) in [7, 11) is 0. The van der Waals surface area contributed by atoms with Crippen LogP contribution in [0.2, 0.25) is 0 Å². The summed E-state index contributed by atoms with van der Waals surface area (Å²) in [5.41, 5.74) is 4.86. The number of amides is 2. The van der Waals surface area contributed by atoms with Gasteiger partial charge in [-0.3, -0.25) is 0 Å². The number of benzene rings is 3. The Labute approximate surface area is 226 Å². The Hall–Kier alpha value is -4.85. The molecule has 0 saturated heterocycles. The Bertz CT molecular complexity index is 1640. The molecular weight excluding hydrogens is 493 g/mol. The van der Waals surface area contributed by atoms with Crippen LogP contribution in [0.4, 0.5) is 14.9 Å². The second kappa shape index (κ2) is 10.1. The number of aromatic nitrogens is 3. The van der Waals surface area contributed by atoms with E-state index >= 15 is 0 Å². The zero-order chi connectivity index (χ0) is 26.9. The van der Waals surface area contributed by atoms with E-state index in [-0.39, 0.29) is 6.03 Å². The summed E-state index contributed by atoms with van der Waals surface area (Å²) in [5.74, 6) is 1.19. The fraction of sp³-hybridized carbons (Fsp3) is 0.161. The number of fused-ring (bicyclic) bond motifs is 3. The standard InChI is InChI=1S/C31H28FN5O2/c1-3-39-26-15-7-10-22(18-26)29-28-16-9-17-35(28)30-27(21(2)34-37(30)25-13-5-4-6-14-25)20-36(29)31(38)33-24-12-8-11-23(32)19-24/h4-19,29H,3,20H2,1-2H3,(H,33,38)/t29-/m0/s1. The molecule has 0 unspecified atom stereocenters. The van der Waals surface area contributed by atoms with Gasteiger partial charge in [0.2, 0.25) is 0 Å². The van der Waals surface area contributed by atoms with Gasteiger partial charge >= 0.3 is 6.03 Å². The van der Waals surface area contributed by atoms with E-state index in [1.807, 2.05) is 91.5 Å². The average Bonchev–Trinajstić information content (AvgIpc) is 3.50. The van der Waals surface area contributed by atoms with Gasteiger partial charge in [-0.15, -0.1) is 0 Å². The van der Waals surface area contributed by atoms with Crippen molar-refractivity contribution < 1.29 is 13.9 Å². The van der Waals surface area contributed by atoms with Crippen molar-refractivity contribution in [1.82, 2.24) is 19.2 Å². The molecule has 1 atom stereocenters. The highest BCUT2D eigenvalue weighted by Crippen LogP contribution is 2.39. The number of hydrogen-bond acceptors (Lipinski definition) is 3. The minimum Gasteiger partial charge on any atom is -0.494 e. The average molecular weight is 522 g/mol. The molecule has 2 aromatic heterocycles. The number of aryl methyl sites for hydroxylation is 1. The van der Waals surface area contributed by atoms with Crippen LogP contribution in [0, 0.1) is 12.7 Å². The van der Waals surface area contributed by atoms with Gasteiger partial charge in [-0.2, -0.15) is 5.10 Å². The lowest BCUT2D eigenvalue weighted by atomic mass is 10.0. The zero-order valence-electron chi connectivity index (χ0n) is 21.7. The number of carbonyl (C=O) groups is 1. The van der Waals surface area contributed by atoms with Crippen LogP contribution in [0.3, 0.4) is 0 Å². The molecule has 0 saturated carbocycles. The van der Waals surface area contributed by atoms with Gasteiger partial charge in [0.25, 0.3) is 0 Å². The topological polar surface area (TPSA) is 64.3 Å². The second-order valence-corrected chi connectivity index (χ2v) is 9.41. The van der Waals surface area contributed by atoms with Crippen molar-refractivity contribution in [2.45, 2.75) is 26.4 Å². The predicted molar refractivity (Wildman–Crippen MR) is 148 cm³/mol. The SMILES string of the molecule is CCOc1cccc([C@H]2c3cccn3-c3c(c(C)nn3-c3ccccc3)CN2C(=O)Nc2cccc(F)c2)c1. The van der Waals surface area contributed by atoms with Crippen molar-refractivity contribution in [2.75, 3.05) is 11.9 Å². The maximum absolute atomic E-state index is 14.0. The molecule has 0 bridgehead atoms. The summed E-state index contributed by atoms with van der Waals surface area (Å²) in [6.45, 7) is 4.73. The van der Waals surface area contributed by atoms with E-state index in [4.69, 9.17) is 9.84 Å². The summed E-state index contributed by atoms with van der Waals surface area (Å²) in [4.78, 5) is 15.8. The number of hydrogen-bond donors (Lipinski definition) is 1. The molecule has 0 radical (unpaired) electrons. The summed E-state index contributed by atoms with van der Waals surface area (Å²) in [6.07, 6.45) is 2.00. The Balaban J connectivity index is 1.53. The number of nitrogens with one attached hydrogen (secondary N) is 1. The Morgan fingerprint density at radius 2 is 1.85 bits per heavy atom. The molecule has 196 valence electrons. The number of anilines is 1. The lowest BCUT2D eigenvalue weighted by Crippen LogP contribution is -2.38. The van der Waals surface area contributed by atoms with Gasteiger partial charge in [0.05, 0.1) is 36.3 Å². The molecular formula is C31H28FN5O2. The van der Waals surface area contributed by atoms with E-state index in [2.05, 4.69) is 9.88 Å². The third kappa shape index (κ3) is 4.54. The Morgan fingerprint density at radius 1 is 1.03 bits per heavy atom. The summed E-state index contributed by atoms with van der Waals surface area (Å²) in [5, 5.41) is 7.79. The number of ether oxygens (including phenoxy) is 1. The van der Waals surface area contributed by atoms with Crippen LogP contribution in [0.1, 0.15) is 35.5 Å². The second-order valence-electron chi connectivity index (χ2n) is 9.41. The van der Waals surface area contributed by atoms with Crippen molar-refractivity contribution in [3.63, 3.8) is 0 Å². The third-order valence-electron chi connectivity index (χ3n) is 6.91. The van der Waals surface area contributed by atoms with E-state index in [9.17, 15) is 9.18 Å². The van der Waals surface area contributed by atoms with Gasteiger partial charge in [0, 0.05) is 17.4 Å². The van der Waals surface area contributed by atoms with Gasteiger partial charge in [-0.1, -0.05) is 36.4 Å². The van der Waals surface area contributed by atoms with Crippen molar-refractivity contribution in [3.05, 3.63) is 126 Å². The van der Waals surface area contributed by atoms with Gasteiger partial charge in [0.15, 0.2) is 0 Å². The largest absolute Gasteiger partial charge is 0.494 e. The highest BCUT2D eigenvalue weighted by atomic mass is 19.1. The van der Waals surface area contributed by atoms with Crippen LogP contribution in [0.25, 0.3) is 11.5 Å². The first-order chi connectivity index (χ1) is 19.0. The molecule has 0 aliphatic carbocycles. The summed E-state index contributed by atoms with van der Waals surface area (Å²) >= 11 is 0. The van der Waals surface area contributed by atoms with E-state index in [0.29, 0.717) is 18.8 Å². The Kier molecular flexibility index (Phi) is 6.36. The van der Waals surface area contributed by atoms with E-state index < -0.39 is 11.9 Å². The molecule has 0 fully saturated rings. The maximum Gasteiger partial charge on any atom is 0.322 e. The van der Waals surface area contributed by atoms with Crippen molar-refractivity contribution in [3.8, 4) is 17.3 Å². The van der Waals surface area contributed by atoms with E-state index in [1.54, 1.807) is 17.0 Å². The van der Waals surface area contributed by atoms with E-state index in [1.165, 1.54) is 12.1 Å². The number of rotatable bonds is 5. The number of carbonyl (C=O) groups excluding carboxylic acids is 1. The van der Waals surface area contributed by atoms with E-state index in [0.717, 1.165) is 39.8 Å². The fourth-order valence-electron chi connectivity index (χ4n) is 5.20. The highest BCUT2D eigenvalue weighted by Gasteiger charge is 2.36.